The van der Waals surface area contributed by atoms with Crippen LogP contribution in [-0.4, -0.2) is 48.5 Å². The fourth-order valence-electron chi connectivity index (χ4n) is 1.56. The van der Waals surface area contributed by atoms with Gasteiger partial charge < -0.3 is 9.84 Å². The fraction of sp³-hybridized carbons (Fsp3) is 0.889. The smallest absolute Gasteiger partial charge is 0.337 e. The highest BCUT2D eigenvalue weighted by molar-refractivity contribution is 5.79. The fourth-order valence-corrected chi connectivity index (χ4v) is 1.56. The molecule has 0 aliphatic carbocycles. The lowest BCUT2D eigenvalue weighted by molar-refractivity contribution is -0.201. The van der Waals surface area contributed by atoms with Crippen molar-refractivity contribution in [1.29, 1.82) is 0 Å². The third kappa shape index (κ3) is 2.43. The molecule has 0 atom stereocenters. The van der Waals surface area contributed by atoms with Crippen molar-refractivity contribution in [3.8, 4) is 0 Å². The van der Waals surface area contributed by atoms with Gasteiger partial charge in [0.25, 0.3) is 0 Å². The average Bonchev–Trinajstić information content (AvgIpc) is 2.21. The van der Waals surface area contributed by atoms with Gasteiger partial charge in [0.2, 0.25) is 0 Å². The van der Waals surface area contributed by atoms with Crippen molar-refractivity contribution in [3.63, 3.8) is 0 Å². The summed E-state index contributed by atoms with van der Waals surface area (Å²) in [4.78, 5) is 16.5. The van der Waals surface area contributed by atoms with Gasteiger partial charge in [0.15, 0.2) is 5.60 Å². The molecule has 0 amide bonds. The van der Waals surface area contributed by atoms with Gasteiger partial charge in [-0.1, -0.05) is 0 Å². The van der Waals surface area contributed by atoms with Crippen LogP contribution in [0.4, 0.5) is 0 Å². The number of nitrogens with zero attached hydrogens (tertiary/aromatic N) is 1. The largest absolute Gasteiger partial charge is 0.467 e. The molecular weight excluding hydrogens is 186 g/mol. The lowest BCUT2D eigenvalue weighted by Gasteiger charge is -2.34. The van der Waals surface area contributed by atoms with Gasteiger partial charge in [-0.25, -0.2) is 4.79 Å². The van der Waals surface area contributed by atoms with Crippen molar-refractivity contribution in [3.05, 3.63) is 0 Å². The van der Waals surface area contributed by atoms with Gasteiger partial charge in [-0.2, -0.15) is 5.06 Å². The molecule has 1 aliphatic rings. The zero-order valence-electron chi connectivity index (χ0n) is 8.65. The van der Waals surface area contributed by atoms with Crippen LogP contribution in [0.15, 0.2) is 0 Å². The highest BCUT2D eigenvalue weighted by Crippen LogP contribution is 2.23. The van der Waals surface area contributed by atoms with Crippen LogP contribution < -0.4 is 0 Å². The quantitative estimate of drug-likeness (QED) is 0.651. The number of hydroxylamine groups is 2. The molecular formula is C9H17NO4. The minimum Gasteiger partial charge on any atom is -0.467 e. The molecule has 14 heavy (non-hydrogen) atoms. The maximum atomic E-state index is 11.2. The minimum atomic E-state index is -1.32. The molecule has 0 saturated carbocycles. The molecule has 0 radical (unpaired) electrons. The summed E-state index contributed by atoms with van der Waals surface area (Å²) in [6.07, 6.45) is 0.722. The molecule has 1 heterocycles. The van der Waals surface area contributed by atoms with E-state index in [9.17, 15) is 9.90 Å². The highest BCUT2D eigenvalue weighted by atomic mass is 16.7. The van der Waals surface area contributed by atoms with E-state index < -0.39 is 11.6 Å². The Balaban J connectivity index is 2.44. The van der Waals surface area contributed by atoms with Crippen molar-refractivity contribution in [2.45, 2.75) is 25.4 Å². The maximum absolute atomic E-state index is 11.2. The zero-order chi connectivity index (χ0) is 10.6. The first-order valence-corrected chi connectivity index (χ1v) is 4.81. The summed E-state index contributed by atoms with van der Waals surface area (Å²) in [5, 5.41) is 11.6. The Morgan fingerprint density at radius 3 is 2.50 bits per heavy atom. The van der Waals surface area contributed by atoms with Gasteiger partial charge in [-0.05, 0) is 6.92 Å². The summed E-state index contributed by atoms with van der Waals surface area (Å²) >= 11 is 0. The van der Waals surface area contributed by atoms with Gasteiger partial charge >= 0.3 is 5.97 Å². The Labute approximate surface area is 83.5 Å². The molecule has 5 nitrogen and oxygen atoms in total. The predicted molar refractivity (Wildman–Crippen MR) is 49.4 cm³/mol. The van der Waals surface area contributed by atoms with Crippen LogP contribution in [-0.2, 0) is 14.4 Å². The number of ether oxygens (including phenoxy) is 1. The summed E-state index contributed by atoms with van der Waals surface area (Å²) < 4.78 is 4.54. The van der Waals surface area contributed by atoms with E-state index in [2.05, 4.69) is 4.74 Å². The first-order valence-electron chi connectivity index (χ1n) is 4.81. The zero-order valence-corrected chi connectivity index (χ0v) is 8.65. The summed E-state index contributed by atoms with van der Waals surface area (Å²) in [5.41, 5.74) is -1.32. The molecule has 0 spiro atoms. The molecule has 1 N–H and O–H groups in total. The van der Waals surface area contributed by atoms with Gasteiger partial charge in [0, 0.05) is 25.9 Å². The summed E-state index contributed by atoms with van der Waals surface area (Å²) in [6.45, 7) is 3.62. The van der Waals surface area contributed by atoms with E-state index in [0.717, 1.165) is 0 Å². The monoisotopic (exact) mass is 203 g/mol. The van der Waals surface area contributed by atoms with E-state index in [4.69, 9.17) is 4.84 Å². The lowest BCUT2D eigenvalue weighted by atomic mass is 9.92. The van der Waals surface area contributed by atoms with Crippen molar-refractivity contribution in [2.24, 2.45) is 0 Å². The topological polar surface area (TPSA) is 59.0 Å². The molecule has 1 rings (SSSR count). The predicted octanol–water partition coefficient (Wildman–Crippen LogP) is -0.0622. The second kappa shape index (κ2) is 4.72. The maximum Gasteiger partial charge on any atom is 0.337 e. The normalized spacial score (nSPS) is 21.9. The molecule has 0 unspecified atom stereocenters. The number of hydrogen-bond acceptors (Lipinski definition) is 5. The van der Waals surface area contributed by atoms with Crippen molar-refractivity contribution < 1.29 is 19.5 Å². The first-order chi connectivity index (χ1) is 6.62. The van der Waals surface area contributed by atoms with Gasteiger partial charge in [0.1, 0.15) is 0 Å². The molecule has 0 aromatic heterocycles. The number of methoxy groups -OCH3 is 1. The van der Waals surface area contributed by atoms with E-state index in [0.29, 0.717) is 32.5 Å². The van der Waals surface area contributed by atoms with E-state index >= 15 is 0 Å². The number of carbonyl (C=O) groups is 1. The van der Waals surface area contributed by atoms with Crippen molar-refractivity contribution in [2.75, 3.05) is 26.8 Å². The van der Waals surface area contributed by atoms with Crippen LogP contribution in [0, 0.1) is 0 Å². The van der Waals surface area contributed by atoms with E-state index in [1.54, 1.807) is 5.06 Å². The number of piperidine rings is 1. The molecule has 0 aromatic carbocycles. The average molecular weight is 203 g/mol. The number of rotatable bonds is 3. The summed E-state index contributed by atoms with van der Waals surface area (Å²) in [7, 11) is 1.29. The van der Waals surface area contributed by atoms with E-state index in [1.165, 1.54) is 7.11 Å². The molecule has 0 bridgehead atoms. The van der Waals surface area contributed by atoms with Crippen LogP contribution in [0.3, 0.4) is 0 Å². The molecule has 1 fully saturated rings. The molecule has 82 valence electrons. The van der Waals surface area contributed by atoms with Crippen LogP contribution in [0.1, 0.15) is 19.8 Å². The van der Waals surface area contributed by atoms with Crippen LogP contribution in [0.2, 0.25) is 0 Å². The minimum absolute atomic E-state index is 0.361. The summed E-state index contributed by atoms with van der Waals surface area (Å²) in [6, 6.07) is 0. The van der Waals surface area contributed by atoms with Gasteiger partial charge in [-0.15, -0.1) is 0 Å². The van der Waals surface area contributed by atoms with Crippen molar-refractivity contribution in [1.82, 2.24) is 5.06 Å². The highest BCUT2D eigenvalue weighted by Gasteiger charge is 2.40. The summed E-state index contributed by atoms with van der Waals surface area (Å²) in [5.74, 6) is -0.548. The Kier molecular flexibility index (Phi) is 3.86. The van der Waals surface area contributed by atoms with Crippen molar-refractivity contribution >= 4 is 5.97 Å². The number of hydrogen-bond donors (Lipinski definition) is 1. The van der Waals surface area contributed by atoms with E-state index in [1.807, 2.05) is 6.92 Å². The third-order valence-corrected chi connectivity index (χ3v) is 2.43. The Hall–Kier alpha value is -0.650. The standard InChI is InChI=1S/C9H17NO4/c1-3-14-10-6-4-9(12,5-7-10)8(11)13-2/h12H,3-7H2,1-2H3. The molecule has 1 saturated heterocycles. The lowest BCUT2D eigenvalue weighted by Crippen LogP contribution is -2.49. The Bertz CT molecular complexity index is 199. The number of carbonyl (C=O) groups excluding carboxylic acids is 1. The molecule has 5 heteroatoms. The SMILES string of the molecule is CCON1CCC(O)(C(=O)OC)CC1. The number of aliphatic hydroxyl groups is 1. The van der Waals surface area contributed by atoms with Crippen LogP contribution in [0.25, 0.3) is 0 Å². The second-order valence-electron chi connectivity index (χ2n) is 3.37. The number of esters is 1. The van der Waals surface area contributed by atoms with Gasteiger partial charge in [-0.3, -0.25) is 4.84 Å². The van der Waals surface area contributed by atoms with Crippen LogP contribution in [0.5, 0.6) is 0 Å². The Morgan fingerprint density at radius 2 is 2.07 bits per heavy atom. The first kappa shape index (κ1) is 11.4. The van der Waals surface area contributed by atoms with Gasteiger partial charge in [0.05, 0.1) is 13.7 Å². The molecule has 1 aliphatic heterocycles. The van der Waals surface area contributed by atoms with E-state index in [-0.39, 0.29) is 0 Å². The Morgan fingerprint density at radius 1 is 1.50 bits per heavy atom. The molecule has 0 aromatic rings. The third-order valence-electron chi connectivity index (χ3n) is 2.43. The van der Waals surface area contributed by atoms with Crippen LogP contribution >= 0.6 is 0 Å². The second-order valence-corrected chi connectivity index (χ2v) is 3.37.